The van der Waals surface area contributed by atoms with Gasteiger partial charge in [0.1, 0.15) is 5.76 Å². The minimum absolute atomic E-state index is 0.0580. The first-order valence-corrected chi connectivity index (χ1v) is 8.08. The van der Waals surface area contributed by atoms with E-state index in [1.54, 1.807) is 30.5 Å². The molecule has 7 nitrogen and oxygen atoms in total. The predicted molar refractivity (Wildman–Crippen MR) is 96.7 cm³/mol. The van der Waals surface area contributed by atoms with Gasteiger partial charge in [0.2, 0.25) is 5.91 Å². The van der Waals surface area contributed by atoms with Crippen molar-refractivity contribution in [3.63, 3.8) is 0 Å². The lowest BCUT2D eigenvalue weighted by atomic mass is 10.1. The Hall–Kier alpha value is -3.22. The van der Waals surface area contributed by atoms with E-state index in [1.165, 1.54) is 13.2 Å². The fraction of sp³-hybridized carbons (Fsp3) is 0.263. The largest absolute Gasteiger partial charge is 0.493 e. The molecule has 0 aliphatic heterocycles. The highest BCUT2D eigenvalue weighted by Gasteiger charge is 2.09. The lowest BCUT2D eigenvalue weighted by Crippen LogP contribution is -2.32. The molecule has 1 unspecified atom stereocenters. The highest BCUT2D eigenvalue weighted by molar-refractivity contribution is 5.92. The Morgan fingerprint density at radius 3 is 2.77 bits per heavy atom. The van der Waals surface area contributed by atoms with E-state index in [-0.39, 0.29) is 18.6 Å². The van der Waals surface area contributed by atoms with Crippen LogP contribution in [-0.2, 0) is 16.0 Å². The number of methoxy groups -OCH3 is 1. The Morgan fingerprint density at radius 2 is 2.12 bits per heavy atom. The summed E-state index contributed by atoms with van der Waals surface area (Å²) in [5, 5.41) is 2.87. The first-order valence-electron chi connectivity index (χ1n) is 8.08. The molecule has 26 heavy (non-hydrogen) atoms. The lowest BCUT2D eigenvalue weighted by Gasteiger charge is -2.11. The minimum atomic E-state index is -0.573. The third kappa shape index (κ3) is 6.01. The van der Waals surface area contributed by atoms with Crippen molar-refractivity contribution in [1.29, 1.82) is 0 Å². The number of hydrogen-bond donors (Lipinski definition) is 2. The van der Waals surface area contributed by atoms with Crippen molar-refractivity contribution in [3.8, 4) is 11.5 Å². The van der Waals surface area contributed by atoms with E-state index < -0.39 is 5.91 Å². The highest BCUT2D eigenvalue weighted by atomic mass is 16.5. The number of hydrogen-bond acceptors (Lipinski definition) is 5. The molecule has 0 saturated carbocycles. The Kier molecular flexibility index (Phi) is 6.84. The van der Waals surface area contributed by atoms with Gasteiger partial charge in [0, 0.05) is 18.5 Å². The van der Waals surface area contributed by atoms with Crippen LogP contribution in [0.1, 0.15) is 18.2 Å². The van der Waals surface area contributed by atoms with E-state index >= 15 is 0 Å². The van der Waals surface area contributed by atoms with E-state index in [2.05, 4.69) is 5.32 Å². The Morgan fingerprint density at radius 1 is 1.31 bits per heavy atom. The van der Waals surface area contributed by atoms with Gasteiger partial charge >= 0.3 is 0 Å². The zero-order chi connectivity index (χ0) is 18.9. The molecule has 1 atom stereocenters. The summed E-state index contributed by atoms with van der Waals surface area (Å²) in [6.45, 7) is 1.67. The van der Waals surface area contributed by atoms with Gasteiger partial charge in [-0.05, 0) is 42.8 Å². The van der Waals surface area contributed by atoms with Crippen molar-refractivity contribution in [1.82, 2.24) is 5.32 Å². The Bertz CT molecular complexity index is 768. The van der Waals surface area contributed by atoms with Crippen LogP contribution in [0, 0.1) is 0 Å². The fourth-order valence-corrected chi connectivity index (χ4v) is 2.30. The monoisotopic (exact) mass is 358 g/mol. The minimum Gasteiger partial charge on any atom is -0.493 e. The molecule has 2 amide bonds. The number of carbonyl (C=O) groups is 2. The molecule has 0 saturated heterocycles. The van der Waals surface area contributed by atoms with Crippen molar-refractivity contribution in [2.75, 3.05) is 13.7 Å². The lowest BCUT2D eigenvalue weighted by molar-refractivity contribution is -0.120. The summed E-state index contributed by atoms with van der Waals surface area (Å²) in [5.74, 6) is 0.881. The van der Waals surface area contributed by atoms with Crippen molar-refractivity contribution in [2.24, 2.45) is 5.73 Å². The van der Waals surface area contributed by atoms with Crippen LogP contribution in [0.4, 0.5) is 0 Å². The molecule has 0 spiro atoms. The number of amides is 2. The molecular weight excluding hydrogens is 336 g/mol. The number of nitrogens with one attached hydrogen (secondary N) is 1. The molecule has 0 bridgehead atoms. The van der Waals surface area contributed by atoms with Crippen LogP contribution >= 0.6 is 0 Å². The number of ether oxygens (including phenoxy) is 2. The molecule has 138 valence electrons. The normalized spacial score (nSPS) is 11.9. The molecule has 0 radical (unpaired) electrons. The van der Waals surface area contributed by atoms with Gasteiger partial charge in [-0.1, -0.05) is 6.07 Å². The number of nitrogens with two attached hydrogens (primary N) is 1. The van der Waals surface area contributed by atoms with E-state index in [4.69, 9.17) is 19.6 Å². The first kappa shape index (κ1) is 19.1. The van der Waals surface area contributed by atoms with Gasteiger partial charge in [-0.2, -0.15) is 0 Å². The standard InChI is InChI=1S/C19H22N2O5/c1-13(10-15-4-3-9-25-15)21-19(23)8-6-14-5-7-16(17(11-14)24-2)26-12-18(20)22/h3-9,11,13H,10,12H2,1-2H3,(H2,20,22)(H,21,23)/b8-6+. The number of benzene rings is 1. The second kappa shape index (κ2) is 9.31. The summed E-state index contributed by atoms with van der Waals surface area (Å²) >= 11 is 0. The Labute approximate surface area is 151 Å². The second-order valence-corrected chi connectivity index (χ2v) is 5.69. The molecule has 2 rings (SSSR count). The predicted octanol–water partition coefficient (Wildman–Crippen LogP) is 1.91. The summed E-state index contributed by atoms with van der Waals surface area (Å²) in [6, 6.07) is 8.72. The van der Waals surface area contributed by atoms with E-state index in [0.717, 1.165) is 11.3 Å². The highest BCUT2D eigenvalue weighted by Crippen LogP contribution is 2.28. The van der Waals surface area contributed by atoms with Crippen LogP contribution in [0.15, 0.2) is 47.1 Å². The number of carbonyl (C=O) groups excluding carboxylic acids is 2. The van der Waals surface area contributed by atoms with Gasteiger partial charge in [-0.15, -0.1) is 0 Å². The van der Waals surface area contributed by atoms with Crippen LogP contribution < -0.4 is 20.5 Å². The van der Waals surface area contributed by atoms with Crippen LogP contribution in [0.3, 0.4) is 0 Å². The summed E-state index contributed by atoms with van der Waals surface area (Å²) in [4.78, 5) is 22.8. The van der Waals surface area contributed by atoms with Gasteiger partial charge in [-0.25, -0.2) is 0 Å². The molecule has 3 N–H and O–H groups in total. The van der Waals surface area contributed by atoms with Crippen LogP contribution in [0.2, 0.25) is 0 Å². The quantitative estimate of drug-likeness (QED) is 0.667. The Balaban J connectivity index is 1.93. The molecule has 0 fully saturated rings. The third-order valence-electron chi connectivity index (χ3n) is 3.46. The van der Waals surface area contributed by atoms with Gasteiger partial charge in [-0.3, -0.25) is 9.59 Å². The second-order valence-electron chi connectivity index (χ2n) is 5.69. The summed E-state index contributed by atoms with van der Waals surface area (Å²) in [6.07, 6.45) is 5.33. The summed E-state index contributed by atoms with van der Waals surface area (Å²) in [5.41, 5.74) is 5.81. The maximum Gasteiger partial charge on any atom is 0.255 e. The number of rotatable bonds is 9. The summed E-state index contributed by atoms with van der Waals surface area (Å²) < 4.78 is 15.7. The van der Waals surface area contributed by atoms with E-state index in [0.29, 0.717) is 17.9 Å². The first-order chi connectivity index (χ1) is 12.5. The number of furan rings is 1. The topological polar surface area (TPSA) is 104 Å². The smallest absolute Gasteiger partial charge is 0.255 e. The average Bonchev–Trinajstić information content (AvgIpc) is 3.11. The molecule has 1 aromatic carbocycles. The molecule has 0 aliphatic rings. The third-order valence-corrected chi connectivity index (χ3v) is 3.46. The van der Waals surface area contributed by atoms with Gasteiger partial charge in [0.15, 0.2) is 18.1 Å². The van der Waals surface area contributed by atoms with Crippen LogP contribution in [0.5, 0.6) is 11.5 Å². The van der Waals surface area contributed by atoms with Crippen molar-refractivity contribution in [2.45, 2.75) is 19.4 Å². The molecular formula is C19H22N2O5. The van der Waals surface area contributed by atoms with Crippen LogP contribution in [-0.4, -0.2) is 31.6 Å². The molecule has 2 aromatic rings. The van der Waals surface area contributed by atoms with Gasteiger partial charge in [0.25, 0.3) is 5.91 Å². The SMILES string of the molecule is COc1cc(/C=C/C(=O)NC(C)Cc2ccco2)ccc1OCC(N)=O. The van der Waals surface area contributed by atoms with Crippen molar-refractivity contribution >= 4 is 17.9 Å². The van der Waals surface area contributed by atoms with Crippen LogP contribution in [0.25, 0.3) is 6.08 Å². The zero-order valence-electron chi connectivity index (χ0n) is 14.7. The molecule has 0 aliphatic carbocycles. The van der Waals surface area contributed by atoms with Crippen molar-refractivity contribution < 1.29 is 23.5 Å². The number of primary amides is 1. The molecule has 1 aromatic heterocycles. The maximum atomic E-state index is 12.0. The van der Waals surface area contributed by atoms with E-state index in [9.17, 15) is 9.59 Å². The van der Waals surface area contributed by atoms with E-state index in [1.807, 2.05) is 19.1 Å². The van der Waals surface area contributed by atoms with Gasteiger partial charge in [0.05, 0.1) is 13.4 Å². The molecule has 1 heterocycles. The molecule has 7 heteroatoms. The van der Waals surface area contributed by atoms with Crippen molar-refractivity contribution in [3.05, 3.63) is 54.0 Å². The average molecular weight is 358 g/mol. The zero-order valence-corrected chi connectivity index (χ0v) is 14.7. The summed E-state index contributed by atoms with van der Waals surface area (Å²) in [7, 11) is 1.49. The van der Waals surface area contributed by atoms with Gasteiger partial charge < -0.3 is 24.9 Å². The maximum absolute atomic E-state index is 12.0. The fourth-order valence-electron chi connectivity index (χ4n) is 2.30.